The van der Waals surface area contributed by atoms with Crippen LogP contribution >= 0.6 is 0 Å². The van der Waals surface area contributed by atoms with E-state index in [2.05, 4.69) is 18.2 Å². The highest BCUT2D eigenvalue weighted by Gasteiger charge is 2.20. The van der Waals surface area contributed by atoms with Crippen molar-refractivity contribution in [2.24, 2.45) is 5.92 Å². The number of hydrogen-bond acceptors (Lipinski definition) is 1. The Morgan fingerprint density at radius 3 is 3.50 bits per heavy atom. The first kappa shape index (κ1) is 4.33. The molecule has 1 atom stereocenters. The van der Waals surface area contributed by atoms with Crippen LogP contribution in [0, 0.1) is 5.92 Å². The molecule has 1 saturated heterocycles. The average Bonchev–Trinajstić information content (AvgIpc) is 2.15. The van der Waals surface area contributed by atoms with E-state index in [1.54, 1.807) is 0 Å². The standard InChI is InChI=1S/C7H8O/c1-2-6-4-8-5-7(6)3-1/h1-3,6H,4-5H2. The van der Waals surface area contributed by atoms with Crippen molar-refractivity contribution in [3.63, 3.8) is 0 Å². The molecule has 0 radical (unpaired) electrons. The zero-order chi connectivity index (χ0) is 5.40. The quantitative estimate of drug-likeness (QED) is 0.452. The van der Waals surface area contributed by atoms with Crippen LogP contribution in [0.5, 0.6) is 0 Å². The van der Waals surface area contributed by atoms with Gasteiger partial charge in [-0.3, -0.25) is 0 Å². The molecule has 0 spiro atoms. The molecule has 0 amide bonds. The smallest absolute Gasteiger partial charge is 0.0686 e. The Morgan fingerprint density at radius 2 is 2.62 bits per heavy atom. The molecule has 2 aliphatic rings. The lowest BCUT2D eigenvalue weighted by atomic mass is 10.1. The van der Waals surface area contributed by atoms with Gasteiger partial charge in [-0.1, -0.05) is 18.2 Å². The molecule has 0 N–H and O–H groups in total. The molecule has 42 valence electrons. The lowest BCUT2D eigenvalue weighted by molar-refractivity contribution is 0.195. The van der Waals surface area contributed by atoms with Crippen molar-refractivity contribution >= 4 is 0 Å². The van der Waals surface area contributed by atoms with Gasteiger partial charge in [-0.25, -0.2) is 0 Å². The van der Waals surface area contributed by atoms with Crippen LogP contribution in [0.3, 0.4) is 0 Å². The van der Waals surface area contributed by atoms with Gasteiger partial charge in [0.2, 0.25) is 0 Å². The van der Waals surface area contributed by atoms with Crippen LogP contribution in [0.25, 0.3) is 0 Å². The average molecular weight is 108 g/mol. The normalized spacial score (nSPS) is 33.0. The lowest BCUT2D eigenvalue weighted by Gasteiger charge is -1.93. The van der Waals surface area contributed by atoms with E-state index in [-0.39, 0.29) is 0 Å². The summed E-state index contributed by atoms with van der Waals surface area (Å²) in [6.45, 7) is 1.76. The van der Waals surface area contributed by atoms with Crippen LogP contribution in [0.15, 0.2) is 23.8 Å². The van der Waals surface area contributed by atoms with E-state index in [0.717, 1.165) is 13.2 Å². The third kappa shape index (κ3) is 0.450. The third-order valence-electron chi connectivity index (χ3n) is 1.70. The van der Waals surface area contributed by atoms with Crippen molar-refractivity contribution < 1.29 is 4.74 Å². The maximum Gasteiger partial charge on any atom is 0.0686 e. The monoisotopic (exact) mass is 108 g/mol. The minimum atomic E-state index is 0.634. The molecule has 0 aromatic rings. The van der Waals surface area contributed by atoms with Crippen LogP contribution in [0.2, 0.25) is 0 Å². The van der Waals surface area contributed by atoms with Crippen LogP contribution < -0.4 is 0 Å². The van der Waals surface area contributed by atoms with E-state index in [1.165, 1.54) is 5.57 Å². The summed E-state index contributed by atoms with van der Waals surface area (Å²) in [7, 11) is 0. The fraction of sp³-hybridized carbons (Fsp3) is 0.429. The summed E-state index contributed by atoms with van der Waals surface area (Å²) in [6.07, 6.45) is 6.46. The summed E-state index contributed by atoms with van der Waals surface area (Å²) in [5.74, 6) is 0.634. The molecule has 1 heterocycles. The predicted molar refractivity (Wildman–Crippen MR) is 31.5 cm³/mol. The molecule has 1 unspecified atom stereocenters. The first-order valence-corrected chi connectivity index (χ1v) is 2.92. The molecule has 1 nitrogen and oxygen atoms in total. The Bertz CT molecular complexity index is 156. The zero-order valence-electron chi connectivity index (χ0n) is 4.63. The molecule has 1 heteroatoms. The Balaban J connectivity index is 2.29. The van der Waals surface area contributed by atoms with Gasteiger partial charge in [0.1, 0.15) is 0 Å². The summed E-state index contributed by atoms with van der Waals surface area (Å²) in [5.41, 5.74) is 1.45. The molecule has 1 fully saturated rings. The predicted octanol–water partition coefficient (Wildman–Crippen LogP) is 1.13. The second-order valence-corrected chi connectivity index (χ2v) is 2.25. The molecule has 0 aromatic carbocycles. The van der Waals surface area contributed by atoms with Gasteiger partial charge in [-0.15, -0.1) is 0 Å². The molecule has 1 aliphatic carbocycles. The molecule has 0 bridgehead atoms. The van der Waals surface area contributed by atoms with Crippen molar-refractivity contribution in [1.82, 2.24) is 0 Å². The molecular formula is C7H8O. The van der Waals surface area contributed by atoms with E-state index < -0.39 is 0 Å². The van der Waals surface area contributed by atoms with Crippen molar-refractivity contribution in [1.29, 1.82) is 0 Å². The van der Waals surface area contributed by atoms with E-state index >= 15 is 0 Å². The summed E-state index contributed by atoms with van der Waals surface area (Å²) in [6, 6.07) is 0. The molecule has 2 rings (SSSR count). The van der Waals surface area contributed by atoms with Crippen molar-refractivity contribution in [2.45, 2.75) is 0 Å². The van der Waals surface area contributed by atoms with Gasteiger partial charge in [-0.05, 0) is 5.57 Å². The highest BCUT2D eigenvalue weighted by atomic mass is 16.5. The molecule has 1 aliphatic heterocycles. The molecular weight excluding hydrogens is 100 g/mol. The highest BCUT2D eigenvalue weighted by molar-refractivity contribution is 5.29. The van der Waals surface area contributed by atoms with E-state index in [0.29, 0.717) is 5.92 Å². The zero-order valence-corrected chi connectivity index (χ0v) is 4.63. The van der Waals surface area contributed by atoms with E-state index in [1.807, 2.05) is 0 Å². The van der Waals surface area contributed by atoms with Gasteiger partial charge >= 0.3 is 0 Å². The number of fused-ring (bicyclic) bond motifs is 1. The second-order valence-electron chi connectivity index (χ2n) is 2.25. The first-order chi connectivity index (χ1) is 3.97. The molecule has 8 heavy (non-hydrogen) atoms. The van der Waals surface area contributed by atoms with Crippen LogP contribution in [0.4, 0.5) is 0 Å². The van der Waals surface area contributed by atoms with Crippen LogP contribution in [-0.4, -0.2) is 13.2 Å². The second kappa shape index (κ2) is 1.46. The Labute approximate surface area is 48.7 Å². The summed E-state index contributed by atoms with van der Waals surface area (Å²) < 4.78 is 5.19. The van der Waals surface area contributed by atoms with Crippen molar-refractivity contribution in [3.05, 3.63) is 23.8 Å². The first-order valence-electron chi connectivity index (χ1n) is 2.92. The maximum absolute atomic E-state index is 5.19. The maximum atomic E-state index is 5.19. The Hall–Kier alpha value is -0.560. The minimum Gasteiger partial charge on any atom is -0.376 e. The summed E-state index contributed by atoms with van der Waals surface area (Å²) in [5, 5.41) is 0. The van der Waals surface area contributed by atoms with Gasteiger partial charge in [0.25, 0.3) is 0 Å². The fourth-order valence-electron chi connectivity index (χ4n) is 1.18. The minimum absolute atomic E-state index is 0.634. The third-order valence-corrected chi connectivity index (χ3v) is 1.70. The summed E-state index contributed by atoms with van der Waals surface area (Å²) in [4.78, 5) is 0. The van der Waals surface area contributed by atoms with E-state index in [4.69, 9.17) is 4.74 Å². The lowest BCUT2D eigenvalue weighted by Crippen LogP contribution is -1.91. The van der Waals surface area contributed by atoms with Crippen molar-refractivity contribution in [3.8, 4) is 0 Å². The SMILES string of the molecule is C1=CC2COCC2=C1. The van der Waals surface area contributed by atoms with Gasteiger partial charge in [-0.2, -0.15) is 0 Å². The fourth-order valence-corrected chi connectivity index (χ4v) is 1.18. The van der Waals surface area contributed by atoms with Gasteiger partial charge < -0.3 is 4.74 Å². The van der Waals surface area contributed by atoms with Crippen LogP contribution in [0.1, 0.15) is 0 Å². The number of allylic oxidation sites excluding steroid dienone is 2. The Kier molecular flexibility index (Phi) is 0.788. The number of rotatable bonds is 0. The number of ether oxygens (including phenoxy) is 1. The number of hydrogen-bond donors (Lipinski definition) is 0. The van der Waals surface area contributed by atoms with Crippen molar-refractivity contribution in [2.75, 3.05) is 13.2 Å². The summed E-state index contributed by atoms with van der Waals surface area (Å²) >= 11 is 0. The molecule has 0 saturated carbocycles. The largest absolute Gasteiger partial charge is 0.376 e. The van der Waals surface area contributed by atoms with E-state index in [9.17, 15) is 0 Å². The van der Waals surface area contributed by atoms with Gasteiger partial charge in [0.15, 0.2) is 0 Å². The topological polar surface area (TPSA) is 9.23 Å². The highest BCUT2D eigenvalue weighted by Crippen LogP contribution is 2.24. The van der Waals surface area contributed by atoms with Crippen LogP contribution in [-0.2, 0) is 4.74 Å². The molecule has 0 aromatic heterocycles. The Morgan fingerprint density at radius 1 is 1.62 bits per heavy atom. The van der Waals surface area contributed by atoms with Gasteiger partial charge in [0.05, 0.1) is 13.2 Å². The van der Waals surface area contributed by atoms with Gasteiger partial charge in [0, 0.05) is 5.92 Å².